The molecule has 0 unspecified atom stereocenters. The number of nitrogens with zero attached hydrogens (tertiary/aromatic N) is 4. The van der Waals surface area contributed by atoms with E-state index in [2.05, 4.69) is 10.1 Å². The fourth-order valence-corrected chi connectivity index (χ4v) is 2.76. The number of alkyl halides is 3. The van der Waals surface area contributed by atoms with Crippen LogP contribution in [0.15, 0.2) is 42.7 Å². The van der Waals surface area contributed by atoms with Gasteiger partial charge in [-0.05, 0) is 38.1 Å². The molecule has 3 aromatic rings. The molecule has 2 N–H and O–H groups in total. The summed E-state index contributed by atoms with van der Waals surface area (Å²) < 4.78 is 40.6. The van der Waals surface area contributed by atoms with Crippen LogP contribution in [-0.4, -0.2) is 26.5 Å². The number of carbonyl (C=O) groups is 1. The average Bonchev–Trinajstić information content (AvgIpc) is 2.93. The van der Waals surface area contributed by atoms with Crippen molar-refractivity contribution in [3.8, 4) is 0 Å². The molecule has 9 heteroatoms. The first-order valence-electron chi connectivity index (χ1n) is 7.80. The summed E-state index contributed by atoms with van der Waals surface area (Å²) in [5.74, 6) is -0.600. The van der Waals surface area contributed by atoms with Gasteiger partial charge in [0, 0.05) is 24.1 Å². The molecule has 0 aliphatic rings. The van der Waals surface area contributed by atoms with E-state index in [9.17, 15) is 18.0 Å². The van der Waals surface area contributed by atoms with Crippen LogP contribution in [-0.2, 0) is 6.18 Å². The number of primary amides is 1. The third kappa shape index (κ3) is 3.07. The van der Waals surface area contributed by atoms with Crippen LogP contribution in [0.3, 0.4) is 0 Å². The molecule has 0 aliphatic heterocycles. The van der Waals surface area contributed by atoms with E-state index < -0.39 is 17.6 Å². The SMILES string of the molecule is CC(C)N(c1cccc(C(F)(F)F)c1)c1nn2cccnc2c1C(N)=O. The Morgan fingerprint density at radius 1 is 1.27 bits per heavy atom. The molecule has 1 amide bonds. The number of fused-ring (bicyclic) bond motifs is 1. The Hall–Kier alpha value is -3.10. The molecule has 0 fully saturated rings. The van der Waals surface area contributed by atoms with Gasteiger partial charge in [-0.2, -0.15) is 13.2 Å². The zero-order valence-corrected chi connectivity index (χ0v) is 14.0. The maximum atomic E-state index is 13.1. The molecule has 0 spiro atoms. The van der Waals surface area contributed by atoms with Gasteiger partial charge in [0.05, 0.1) is 5.56 Å². The van der Waals surface area contributed by atoms with Crippen molar-refractivity contribution in [2.45, 2.75) is 26.1 Å². The van der Waals surface area contributed by atoms with Crippen molar-refractivity contribution in [3.05, 3.63) is 53.9 Å². The lowest BCUT2D eigenvalue weighted by Gasteiger charge is -2.28. The third-order valence-electron chi connectivity index (χ3n) is 3.82. The molecule has 0 saturated heterocycles. The summed E-state index contributed by atoms with van der Waals surface area (Å²) in [4.78, 5) is 17.6. The van der Waals surface area contributed by atoms with Gasteiger partial charge in [0.15, 0.2) is 11.5 Å². The van der Waals surface area contributed by atoms with Crippen molar-refractivity contribution >= 4 is 23.1 Å². The minimum absolute atomic E-state index is 0.0525. The molecule has 0 saturated carbocycles. The topological polar surface area (TPSA) is 76.5 Å². The first-order chi connectivity index (χ1) is 12.2. The van der Waals surface area contributed by atoms with Crippen molar-refractivity contribution in [2.24, 2.45) is 5.73 Å². The number of carbonyl (C=O) groups excluding carboxylic acids is 1. The van der Waals surface area contributed by atoms with Crippen molar-refractivity contribution in [3.63, 3.8) is 0 Å². The Labute approximate surface area is 147 Å². The fourth-order valence-electron chi connectivity index (χ4n) is 2.76. The smallest absolute Gasteiger partial charge is 0.365 e. The number of halogens is 3. The summed E-state index contributed by atoms with van der Waals surface area (Å²) in [7, 11) is 0. The second-order valence-corrected chi connectivity index (χ2v) is 5.96. The summed E-state index contributed by atoms with van der Waals surface area (Å²) in [6.07, 6.45) is -1.41. The normalized spacial score (nSPS) is 11.9. The Morgan fingerprint density at radius 3 is 2.62 bits per heavy atom. The van der Waals surface area contributed by atoms with Crippen molar-refractivity contribution in [1.29, 1.82) is 0 Å². The molecule has 6 nitrogen and oxygen atoms in total. The highest BCUT2D eigenvalue weighted by molar-refractivity contribution is 6.04. The minimum atomic E-state index is -4.48. The number of hydrogen-bond acceptors (Lipinski definition) is 4. The standard InChI is InChI=1S/C17H16F3N5O/c1-10(2)25(12-6-3-5-11(9-12)17(18,19)20)16-13(14(21)26)15-22-7-4-8-24(15)23-16/h3-10H,1-2H3,(H2,21,26). The van der Waals surface area contributed by atoms with Crippen LogP contribution in [0.5, 0.6) is 0 Å². The highest BCUT2D eigenvalue weighted by atomic mass is 19.4. The van der Waals surface area contributed by atoms with Gasteiger partial charge in [-0.25, -0.2) is 9.50 Å². The monoisotopic (exact) mass is 363 g/mol. The van der Waals surface area contributed by atoms with Gasteiger partial charge in [-0.1, -0.05) is 6.07 Å². The van der Waals surface area contributed by atoms with Gasteiger partial charge >= 0.3 is 6.18 Å². The van der Waals surface area contributed by atoms with Crippen molar-refractivity contribution in [1.82, 2.24) is 14.6 Å². The second kappa shape index (κ2) is 6.32. The van der Waals surface area contributed by atoms with Gasteiger partial charge in [0.2, 0.25) is 0 Å². The number of aromatic nitrogens is 3. The number of amides is 1. The third-order valence-corrected chi connectivity index (χ3v) is 3.82. The summed E-state index contributed by atoms with van der Waals surface area (Å²) in [6, 6.07) is 6.17. The van der Waals surface area contributed by atoms with Crippen LogP contribution >= 0.6 is 0 Å². The Morgan fingerprint density at radius 2 is 2.00 bits per heavy atom. The molecular weight excluding hydrogens is 347 g/mol. The van der Waals surface area contributed by atoms with E-state index in [1.807, 2.05) is 0 Å². The summed E-state index contributed by atoms with van der Waals surface area (Å²) in [5, 5.41) is 4.32. The van der Waals surface area contributed by atoms with E-state index in [0.29, 0.717) is 0 Å². The van der Waals surface area contributed by atoms with Gasteiger partial charge in [0.25, 0.3) is 5.91 Å². The molecule has 2 aromatic heterocycles. The van der Waals surface area contributed by atoms with Crippen LogP contribution in [0.1, 0.15) is 29.8 Å². The Kier molecular flexibility index (Phi) is 4.31. The van der Waals surface area contributed by atoms with E-state index >= 15 is 0 Å². The number of nitrogens with two attached hydrogens (primary N) is 1. The second-order valence-electron chi connectivity index (χ2n) is 5.96. The number of benzene rings is 1. The number of rotatable bonds is 4. The number of hydrogen-bond donors (Lipinski definition) is 1. The molecule has 0 atom stereocenters. The largest absolute Gasteiger partial charge is 0.416 e. The van der Waals surface area contributed by atoms with Gasteiger partial charge in [0.1, 0.15) is 5.56 Å². The molecule has 26 heavy (non-hydrogen) atoms. The average molecular weight is 363 g/mol. The lowest BCUT2D eigenvalue weighted by Crippen LogP contribution is -2.28. The zero-order chi connectivity index (χ0) is 19.1. The molecule has 2 heterocycles. The lowest BCUT2D eigenvalue weighted by molar-refractivity contribution is -0.137. The fraction of sp³-hybridized carbons (Fsp3) is 0.235. The van der Waals surface area contributed by atoms with E-state index in [-0.39, 0.29) is 28.8 Å². The van der Waals surface area contributed by atoms with Crippen molar-refractivity contribution in [2.75, 3.05) is 4.90 Å². The van der Waals surface area contributed by atoms with Crippen LogP contribution in [0, 0.1) is 0 Å². The Bertz CT molecular complexity index is 964. The summed E-state index contributed by atoms with van der Waals surface area (Å²) in [5.41, 5.74) is 5.26. The first kappa shape index (κ1) is 17.7. The van der Waals surface area contributed by atoms with Crippen LogP contribution < -0.4 is 10.6 Å². The molecular formula is C17H16F3N5O. The first-order valence-corrected chi connectivity index (χ1v) is 7.80. The van der Waals surface area contributed by atoms with Crippen molar-refractivity contribution < 1.29 is 18.0 Å². The maximum absolute atomic E-state index is 13.1. The Balaban J connectivity index is 2.23. The molecule has 0 bridgehead atoms. The predicted octanol–water partition coefficient (Wildman–Crippen LogP) is 3.39. The molecule has 1 aromatic carbocycles. The van der Waals surface area contributed by atoms with E-state index in [1.54, 1.807) is 26.1 Å². The minimum Gasteiger partial charge on any atom is -0.365 e. The summed E-state index contributed by atoms with van der Waals surface area (Å²) >= 11 is 0. The van der Waals surface area contributed by atoms with Crippen LogP contribution in [0.2, 0.25) is 0 Å². The van der Waals surface area contributed by atoms with Gasteiger partial charge in [-0.3, -0.25) is 4.79 Å². The van der Waals surface area contributed by atoms with Gasteiger partial charge in [-0.15, -0.1) is 5.10 Å². The zero-order valence-electron chi connectivity index (χ0n) is 14.0. The predicted molar refractivity (Wildman–Crippen MR) is 90.2 cm³/mol. The van der Waals surface area contributed by atoms with E-state index in [1.165, 1.54) is 27.7 Å². The van der Waals surface area contributed by atoms with Crippen LogP contribution in [0.25, 0.3) is 5.65 Å². The van der Waals surface area contributed by atoms with Gasteiger partial charge < -0.3 is 10.6 Å². The maximum Gasteiger partial charge on any atom is 0.416 e. The van der Waals surface area contributed by atoms with E-state index in [0.717, 1.165) is 12.1 Å². The number of anilines is 2. The quantitative estimate of drug-likeness (QED) is 0.771. The highest BCUT2D eigenvalue weighted by Gasteiger charge is 2.32. The van der Waals surface area contributed by atoms with Crippen LogP contribution in [0.4, 0.5) is 24.7 Å². The van der Waals surface area contributed by atoms with E-state index in [4.69, 9.17) is 5.73 Å². The molecule has 136 valence electrons. The molecule has 0 aliphatic carbocycles. The highest BCUT2D eigenvalue weighted by Crippen LogP contribution is 2.36. The molecule has 0 radical (unpaired) electrons. The summed E-state index contributed by atoms with van der Waals surface area (Å²) in [6.45, 7) is 3.56. The lowest BCUT2D eigenvalue weighted by atomic mass is 10.1. The molecule has 3 rings (SSSR count).